The maximum absolute atomic E-state index is 12.7. The SMILES string of the molecule is COC(=O)C1CCCCC1(O)C(=O)c1ccc(OC)cc1. The van der Waals surface area contributed by atoms with Gasteiger partial charge in [-0.1, -0.05) is 12.8 Å². The minimum atomic E-state index is -1.68. The summed E-state index contributed by atoms with van der Waals surface area (Å²) in [6.07, 6.45) is 2.26. The molecule has 1 fully saturated rings. The van der Waals surface area contributed by atoms with E-state index in [9.17, 15) is 14.7 Å². The van der Waals surface area contributed by atoms with Crippen LogP contribution in [0.5, 0.6) is 5.75 Å². The van der Waals surface area contributed by atoms with Crippen molar-refractivity contribution in [3.8, 4) is 5.75 Å². The van der Waals surface area contributed by atoms with E-state index in [1.54, 1.807) is 31.4 Å². The number of esters is 1. The molecule has 21 heavy (non-hydrogen) atoms. The van der Waals surface area contributed by atoms with Crippen LogP contribution in [0.2, 0.25) is 0 Å². The highest BCUT2D eigenvalue weighted by Gasteiger charge is 2.49. The fourth-order valence-corrected chi connectivity index (χ4v) is 2.88. The lowest BCUT2D eigenvalue weighted by atomic mass is 9.71. The van der Waals surface area contributed by atoms with Crippen LogP contribution in [0.3, 0.4) is 0 Å². The second-order valence-corrected chi connectivity index (χ2v) is 5.30. The first-order valence-corrected chi connectivity index (χ1v) is 7.02. The summed E-state index contributed by atoms with van der Waals surface area (Å²) >= 11 is 0. The number of ether oxygens (including phenoxy) is 2. The number of ketones is 1. The van der Waals surface area contributed by atoms with Crippen LogP contribution in [0.25, 0.3) is 0 Å². The number of aliphatic hydroxyl groups is 1. The van der Waals surface area contributed by atoms with Crippen LogP contribution < -0.4 is 4.74 Å². The van der Waals surface area contributed by atoms with Crippen molar-refractivity contribution in [3.05, 3.63) is 29.8 Å². The van der Waals surface area contributed by atoms with Crippen LogP contribution in [0.15, 0.2) is 24.3 Å². The van der Waals surface area contributed by atoms with Gasteiger partial charge >= 0.3 is 5.97 Å². The number of rotatable bonds is 4. The Bertz CT molecular complexity index is 522. The summed E-state index contributed by atoms with van der Waals surface area (Å²) < 4.78 is 9.78. The summed E-state index contributed by atoms with van der Waals surface area (Å²) in [6, 6.07) is 6.52. The highest BCUT2D eigenvalue weighted by atomic mass is 16.5. The van der Waals surface area contributed by atoms with Gasteiger partial charge < -0.3 is 14.6 Å². The predicted octanol–water partition coefficient (Wildman–Crippen LogP) is 1.97. The number of carbonyl (C=O) groups is 2. The first-order valence-electron chi connectivity index (χ1n) is 7.02. The number of hydrogen-bond acceptors (Lipinski definition) is 5. The second kappa shape index (κ2) is 6.26. The van der Waals surface area contributed by atoms with Crippen molar-refractivity contribution in [1.82, 2.24) is 0 Å². The monoisotopic (exact) mass is 292 g/mol. The molecule has 0 amide bonds. The van der Waals surface area contributed by atoms with Crippen LogP contribution in [-0.2, 0) is 9.53 Å². The van der Waals surface area contributed by atoms with E-state index in [1.807, 2.05) is 0 Å². The molecule has 2 rings (SSSR count). The molecule has 2 unspecified atom stereocenters. The van der Waals surface area contributed by atoms with Gasteiger partial charge in [0.1, 0.15) is 11.4 Å². The Morgan fingerprint density at radius 1 is 1.19 bits per heavy atom. The first kappa shape index (κ1) is 15.5. The van der Waals surface area contributed by atoms with E-state index in [2.05, 4.69) is 0 Å². The summed E-state index contributed by atoms with van der Waals surface area (Å²) in [5, 5.41) is 10.8. The zero-order valence-electron chi connectivity index (χ0n) is 12.3. The fraction of sp³-hybridized carbons (Fsp3) is 0.500. The molecule has 0 aromatic heterocycles. The van der Waals surface area contributed by atoms with E-state index in [-0.39, 0.29) is 6.42 Å². The molecular formula is C16H20O5. The van der Waals surface area contributed by atoms with Gasteiger partial charge in [0.05, 0.1) is 20.1 Å². The number of methoxy groups -OCH3 is 2. The summed E-state index contributed by atoms with van der Waals surface area (Å²) in [5.41, 5.74) is -1.31. The zero-order valence-corrected chi connectivity index (χ0v) is 12.3. The molecule has 1 aliphatic carbocycles. The lowest BCUT2D eigenvalue weighted by Gasteiger charge is -2.36. The molecule has 1 aromatic carbocycles. The van der Waals surface area contributed by atoms with Gasteiger partial charge in [-0.15, -0.1) is 0 Å². The predicted molar refractivity (Wildman–Crippen MR) is 76.2 cm³/mol. The van der Waals surface area contributed by atoms with E-state index < -0.39 is 23.3 Å². The van der Waals surface area contributed by atoms with Crippen LogP contribution in [0.1, 0.15) is 36.0 Å². The molecule has 0 aliphatic heterocycles. The zero-order chi connectivity index (χ0) is 15.5. The number of carbonyl (C=O) groups excluding carboxylic acids is 2. The third-order valence-electron chi connectivity index (χ3n) is 4.11. The van der Waals surface area contributed by atoms with Gasteiger partial charge in [-0.05, 0) is 37.1 Å². The average molecular weight is 292 g/mol. The first-order chi connectivity index (χ1) is 10.0. The molecule has 114 valence electrons. The highest BCUT2D eigenvalue weighted by Crippen LogP contribution is 2.37. The van der Waals surface area contributed by atoms with Gasteiger partial charge in [-0.25, -0.2) is 0 Å². The fourth-order valence-electron chi connectivity index (χ4n) is 2.88. The maximum atomic E-state index is 12.7. The van der Waals surface area contributed by atoms with Gasteiger partial charge in [0, 0.05) is 5.56 Å². The second-order valence-electron chi connectivity index (χ2n) is 5.30. The highest BCUT2D eigenvalue weighted by molar-refractivity contribution is 6.04. The van der Waals surface area contributed by atoms with Gasteiger partial charge in [-0.2, -0.15) is 0 Å². The number of hydrogen-bond donors (Lipinski definition) is 1. The van der Waals surface area contributed by atoms with Crippen LogP contribution in [-0.4, -0.2) is 36.7 Å². The lowest BCUT2D eigenvalue weighted by Crippen LogP contribution is -2.51. The van der Waals surface area contributed by atoms with E-state index in [1.165, 1.54) is 7.11 Å². The van der Waals surface area contributed by atoms with E-state index in [4.69, 9.17) is 9.47 Å². The van der Waals surface area contributed by atoms with Crippen molar-refractivity contribution in [2.45, 2.75) is 31.3 Å². The molecule has 2 atom stereocenters. The van der Waals surface area contributed by atoms with Crippen LogP contribution in [0.4, 0.5) is 0 Å². The number of benzene rings is 1. The summed E-state index contributed by atoms with van der Waals surface area (Å²) in [5.74, 6) is -1.13. The van der Waals surface area contributed by atoms with Gasteiger partial charge in [0.25, 0.3) is 0 Å². The Labute approximate surface area is 123 Å². The smallest absolute Gasteiger partial charge is 0.312 e. The van der Waals surface area contributed by atoms with E-state index in [0.29, 0.717) is 24.2 Å². The topological polar surface area (TPSA) is 72.8 Å². The summed E-state index contributed by atoms with van der Waals surface area (Å²) in [4.78, 5) is 24.5. The Balaban J connectivity index is 2.30. The third-order valence-corrected chi connectivity index (χ3v) is 4.11. The molecule has 0 bridgehead atoms. The van der Waals surface area contributed by atoms with Gasteiger partial charge in [-0.3, -0.25) is 9.59 Å². The average Bonchev–Trinajstić information content (AvgIpc) is 2.54. The van der Waals surface area contributed by atoms with Crippen LogP contribution >= 0.6 is 0 Å². The minimum Gasteiger partial charge on any atom is -0.497 e. The summed E-state index contributed by atoms with van der Waals surface area (Å²) in [7, 11) is 2.81. The molecule has 1 aromatic rings. The molecule has 0 radical (unpaired) electrons. The molecule has 1 N–H and O–H groups in total. The molecule has 1 aliphatic rings. The summed E-state index contributed by atoms with van der Waals surface area (Å²) in [6.45, 7) is 0. The van der Waals surface area contributed by atoms with Crippen molar-refractivity contribution in [2.75, 3.05) is 14.2 Å². The molecule has 5 nitrogen and oxygen atoms in total. The molecule has 0 saturated heterocycles. The largest absolute Gasteiger partial charge is 0.497 e. The van der Waals surface area contributed by atoms with Crippen molar-refractivity contribution < 1.29 is 24.2 Å². The van der Waals surface area contributed by atoms with Gasteiger partial charge in [0.2, 0.25) is 0 Å². The van der Waals surface area contributed by atoms with Crippen molar-refractivity contribution in [2.24, 2.45) is 5.92 Å². The van der Waals surface area contributed by atoms with Crippen molar-refractivity contribution >= 4 is 11.8 Å². The molecule has 0 heterocycles. The molecule has 1 saturated carbocycles. The van der Waals surface area contributed by atoms with Gasteiger partial charge in [0.15, 0.2) is 5.78 Å². The Morgan fingerprint density at radius 2 is 1.86 bits per heavy atom. The molecule has 0 spiro atoms. The Kier molecular flexibility index (Phi) is 4.63. The lowest BCUT2D eigenvalue weighted by molar-refractivity contribution is -0.155. The van der Waals surface area contributed by atoms with E-state index >= 15 is 0 Å². The third kappa shape index (κ3) is 2.93. The maximum Gasteiger partial charge on any atom is 0.312 e. The van der Waals surface area contributed by atoms with E-state index in [0.717, 1.165) is 6.42 Å². The van der Waals surface area contributed by atoms with Crippen molar-refractivity contribution in [3.63, 3.8) is 0 Å². The van der Waals surface area contributed by atoms with Crippen LogP contribution in [0, 0.1) is 5.92 Å². The Hall–Kier alpha value is -1.88. The minimum absolute atomic E-state index is 0.275. The van der Waals surface area contributed by atoms with Crippen molar-refractivity contribution in [1.29, 1.82) is 0 Å². The molecule has 5 heteroatoms. The quantitative estimate of drug-likeness (QED) is 0.678. The normalized spacial score (nSPS) is 25.2. The number of Topliss-reactive ketones (excluding diaryl/α,β-unsaturated/α-hetero) is 1. The standard InChI is InChI=1S/C16H20O5/c1-20-12-8-6-11(7-9-12)14(17)16(19)10-4-3-5-13(16)15(18)21-2/h6-9,13,19H,3-5,10H2,1-2H3. The molecular weight excluding hydrogens is 272 g/mol. The Morgan fingerprint density at radius 3 is 2.43 bits per heavy atom.